The number of nitrogens with zero attached hydrogens (tertiary/aromatic N) is 1. The Morgan fingerprint density at radius 2 is 2.14 bits per heavy atom. The Kier molecular flexibility index (Phi) is 2.00. The zero-order chi connectivity index (χ0) is 10.1. The Labute approximate surface area is 82.3 Å². The predicted molar refractivity (Wildman–Crippen MR) is 56.7 cm³/mol. The van der Waals surface area contributed by atoms with Crippen LogP contribution in [-0.4, -0.2) is 10.6 Å². The first-order chi connectivity index (χ1) is 6.66. The van der Waals surface area contributed by atoms with Crippen LogP contribution in [0.1, 0.15) is 12.5 Å². The van der Waals surface area contributed by atoms with Crippen molar-refractivity contribution in [1.82, 2.24) is 4.68 Å². The fourth-order valence-corrected chi connectivity index (χ4v) is 1.53. The molecule has 2 rings (SSSR count). The van der Waals surface area contributed by atoms with Crippen molar-refractivity contribution in [2.45, 2.75) is 13.8 Å². The Morgan fingerprint density at radius 1 is 1.36 bits per heavy atom. The second kappa shape index (κ2) is 3.18. The predicted octanol–water partition coefficient (Wildman–Crippen LogP) is 2.04. The number of benzene rings is 1. The van der Waals surface area contributed by atoms with Crippen molar-refractivity contribution in [3.05, 3.63) is 36.0 Å². The lowest BCUT2D eigenvalue weighted by molar-refractivity contribution is -0.115. The Bertz CT molecular complexity index is 485. The molecule has 0 saturated carbocycles. The van der Waals surface area contributed by atoms with Crippen LogP contribution in [0.2, 0.25) is 0 Å². The van der Waals surface area contributed by atoms with Crippen LogP contribution in [0.3, 0.4) is 0 Å². The number of carbonyl (C=O) groups excluding carboxylic acids is 1. The third-order valence-electron chi connectivity index (χ3n) is 2.12. The highest BCUT2D eigenvalue weighted by atomic mass is 16.2. The minimum absolute atomic E-state index is 0.0666. The van der Waals surface area contributed by atoms with Gasteiger partial charge in [0.2, 0.25) is 5.91 Å². The van der Waals surface area contributed by atoms with E-state index in [2.05, 4.69) is 18.4 Å². The van der Waals surface area contributed by atoms with Gasteiger partial charge in [-0.2, -0.15) is 0 Å². The molecule has 0 aliphatic carbocycles. The number of hydrogen-bond donors (Lipinski definition) is 1. The maximum atomic E-state index is 10.9. The molecule has 0 aliphatic rings. The van der Waals surface area contributed by atoms with Crippen LogP contribution >= 0.6 is 0 Å². The van der Waals surface area contributed by atoms with Gasteiger partial charge in [0.1, 0.15) is 0 Å². The second-order valence-corrected chi connectivity index (χ2v) is 3.42. The summed E-state index contributed by atoms with van der Waals surface area (Å²) in [5.41, 5.74) is 4.96. The zero-order valence-corrected chi connectivity index (χ0v) is 8.24. The highest BCUT2D eigenvalue weighted by Gasteiger charge is 2.01. The largest absolute Gasteiger partial charge is 0.274 e. The molecule has 1 N–H and O–H groups in total. The minimum atomic E-state index is -0.0666. The van der Waals surface area contributed by atoms with Gasteiger partial charge in [0.15, 0.2) is 0 Å². The molecule has 1 aromatic carbocycles. The lowest BCUT2D eigenvalue weighted by Crippen LogP contribution is -2.18. The van der Waals surface area contributed by atoms with Gasteiger partial charge in [0.05, 0.1) is 5.52 Å². The fourth-order valence-electron chi connectivity index (χ4n) is 1.53. The number of amides is 1. The number of fused-ring (bicyclic) bond motifs is 1. The van der Waals surface area contributed by atoms with Gasteiger partial charge in [-0.1, -0.05) is 11.6 Å². The first-order valence-corrected chi connectivity index (χ1v) is 4.52. The van der Waals surface area contributed by atoms with Crippen LogP contribution < -0.4 is 5.43 Å². The zero-order valence-electron chi connectivity index (χ0n) is 8.24. The normalized spacial score (nSPS) is 10.4. The van der Waals surface area contributed by atoms with Crippen LogP contribution in [0.25, 0.3) is 10.9 Å². The van der Waals surface area contributed by atoms with E-state index in [0.29, 0.717) is 0 Å². The van der Waals surface area contributed by atoms with Crippen LogP contribution in [0, 0.1) is 6.92 Å². The lowest BCUT2D eigenvalue weighted by Gasteiger charge is -2.04. The Morgan fingerprint density at radius 3 is 2.86 bits per heavy atom. The van der Waals surface area contributed by atoms with Crippen molar-refractivity contribution in [2.24, 2.45) is 0 Å². The van der Waals surface area contributed by atoms with Crippen molar-refractivity contribution in [3.63, 3.8) is 0 Å². The number of aryl methyl sites for hydroxylation is 1. The Balaban J connectivity index is 2.52. The van der Waals surface area contributed by atoms with E-state index in [1.807, 2.05) is 24.4 Å². The quantitative estimate of drug-likeness (QED) is 0.730. The molecule has 0 atom stereocenters. The van der Waals surface area contributed by atoms with Gasteiger partial charge < -0.3 is 0 Å². The minimum Gasteiger partial charge on any atom is -0.274 e. The molecular weight excluding hydrogens is 176 g/mol. The molecule has 2 aromatic rings. The summed E-state index contributed by atoms with van der Waals surface area (Å²) in [6.07, 6.45) is 1.85. The molecule has 0 spiro atoms. The summed E-state index contributed by atoms with van der Waals surface area (Å²) in [7, 11) is 0. The van der Waals surface area contributed by atoms with E-state index in [4.69, 9.17) is 0 Å². The van der Waals surface area contributed by atoms with E-state index < -0.39 is 0 Å². The van der Waals surface area contributed by atoms with Crippen molar-refractivity contribution in [2.75, 3.05) is 5.43 Å². The molecule has 0 unspecified atom stereocenters. The molecule has 1 aromatic heterocycles. The Hall–Kier alpha value is -1.77. The first kappa shape index (κ1) is 8.81. The van der Waals surface area contributed by atoms with E-state index in [1.54, 1.807) is 4.68 Å². The van der Waals surface area contributed by atoms with Gasteiger partial charge in [0, 0.05) is 18.5 Å². The first-order valence-electron chi connectivity index (χ1n) is 4.52. The highest BCUT2D eigenvalue weighted by molar-refractivity contribution is 5.86. The highest BCUT2D eigenvalue weighted by Crippen LogP contribution is 2.15. The molecule has 1 amide bonds. The summed E-state index contributed by atoms with van der Waals surface area (Å²) in [5.74, 6) is -0.0666. The van der Waals surface area contributed by atoms with Gasteiger partial charge in [-0.3, -0.25) is 14.9 Å². The maximum Gasteiger partial charge on any atom is 0.235 e. The second-order valence-electron chi connectivity index (χ2n) is 3.42. The van der Waals surface area contributed by atoms with Crippen molar-refractivity contribution < 1.29 is 4.79 Å². The molecule has 72 valence electrons. The molecular formula is C11H12N2O. The van der Waals surface area contributed by atoms with Crippen LogP contribution in [0.5, 0.6) is 0 Å². The monoisotopic (exact) mass is 188 g/mol. The average molecular weight is 188 g/mol. The third-order valence-corrected chi connectivity index (χ3v) is 2.12. The summed E-state index contributed by atoms with van der Waals surface area (Å²) in [4.78, 5) is 10.9. The third kappa shape index (κ3) is 1.48. The summed E-state index contributed by atoms with van der Waals surface area (Å²) in [6, 6.07) is 8.10. The maximum absolute atomic E-state index is 10.9. The fraction of sp³-hybridized carbons (Fsp3) is 0.182. The van der Waals surface area contributed by atoms with Crippen molar-refractivity contribution >= 4 is 16.8 Å². The number of hydrogen-bond acceptors (Lipinski definition) is 1. The van der Waals surface area contributed by atoms with E-state index in [-0.39, 0.29) is 5.91 Å². The molecule has 3 heteroatoms. The van der Waals surface area contributed by atoms with E-state index in [0.717, 1.165) is 10.9 Å². The van der Waals surface area contributed by atoms with Gasteiger partial charge >= 0.3 is 0 Å². The van der Waals surface area contributed by atoms with Gasteiger partial charge in [0.25, 0.3) is 0 Å². The standard InChI is InChI=1S/C11H12N2O/c1-8-3-4-11-10(7-8)5-6-13(11)12-9(2)14/h3-7H,1-2H3,(H,12,14). The molecule has 3 nitrogen and oxygen atoms in total. The van der Waals surface area contributed by atoms with Crippen LogP contribution in [0.4, 0.5) is 0 Å². The number of nitrogens with one attached hydrogen (secondary N) is 1. The molecule has 0 aliphatic heterocycles. The number of aromatic nitrogens is 1. The van der Waals surface area contributed by atoms with Gasteiger partial charge in [-0.15, -0.1) is 0 Å². The molecule has 14 heavy (non-hydrogen) atoms. The molecule has 0 fully saturated rings. The average Bonchev–Trinajstić information content (AvgIpc) is 2.47. The van der Waals surface area contributed by atoms with Gasteiger partial charge in [-0.25, -0.2) is 0 Å². The SMILES string of the molecule is CC(=O)Nn1ccc2cc(C)ccc21. The summed E-state index contributed by atoms with van der Waals surface area (Å²) in [5, 5.41) is 1.14. The van der Waals surface area contributed by atoms with Gasteiger partial charge in [-0.05, 0) is 25.1 Å². The van der Waals surface area contributed by atoms with Crippen molar-refractivity contribution in [3.8, 4) is 0 Å². The lowest BCUT2D eigenvalue weighted by atomic mass is 10.2. The summed E-state index contributed by atoms with van der Waals surface area (Å²) in [6.45, 7) is 3.55. The molecule has 0 radical (unpaired) electrons. The summed E-state index contributed by atoms with van der Waals surface area (Å²) >= 11 is 0. The molecule has 1 heterocycles. The molecule has 0 bridgehead atoms. The van der Waals surface area contributed by atoms with E-state index in [9.17, 15) is 4.79 Å². The van der Waals surface area contributed by atoms with Crippen LogP contribution in [-0.2, 0) is 4.79 Å². The molecule has 0 saturated heterocycles. The van der Waals surface area contributed by atoms with Crippen LogP contribution in [0.15, 0.2) is 30.5 Å². The van der Waals surface area contributed by atoms with E-state index >= 15 is 0 Å². The van der Waals surface area contributed by atoms with Crippen molar-refractivity contribution in [1.29, 1.82) is 0 Å². The number of carbonyl (C=O) groups is 1. The van der Waals surface area contributed by atoms with E-state index in [1.165, 1.54) is 12.5 Å². The summed E-state index contributed by atoms with van der Waals surface area (Å²) < 4.78 is 1.73. The number of rotatable bonds is 1. The smallest absolute Gasteiger partial charge is 0.235 e. The topological polar surface area (TPSA) is 34.0 Å².